The molecular formula is C19H19Cl2FN4OS. The summed E-state index contributed by atoms with van der Waals surface area (Å²) in [5, 5.41) is 7.51. The number of aryl methyl sites for hydroxylation is 1. The van der Waals surface area contributed by atoms with Gasteiger partial charge < -0.3 is 11.1 Å². The molecule has 148 valence electrons. The molecule has 2 aromatic heterocycles. The van der Waals surface area contributed by atoms with Crippen molar-refractivity contribution < 1.29 is 9.18 Å². The molecule has 0 aliphatic carbocycles. The second-order valence-electron chi connectivity index (χ2n) is 6.38. The number of benzene rings is 1. The lowest BCUT2D eigenvalue weighted by molar-refractivity contribution is -0.121. The van der Waals surface area contributed by atoms with Gasteiger partial charge in [0.15, 0.2) is 0 Å². The number of thiophene rings is 1. The zero-order valence-corrected chi connectivity index (χ0v) is 17.4. The fourth-order valence-electron chi connectivity index (χ4n) is 2.96. The molecule has 0 saturated heterocycles. The SMILES string of the molecule is Cn1ncc(Cl)c1-c1cc(CC(=O)N[C@H](CN)Cc2cccc(F)c2)sc1Cl. The van der Waals surface area contributed by atoms with E-state index in [0.717, 1.165) is 16.0 Å². The fourth-order valence-corrected chi connectivity index (χ4v) is 4.54. The van der Waals surface area contributed by atoms with Crippen LogP contribution in [0.2, 0.25) is 9.36 Å². The van der Waals surface area contributed by atoms with Gasteiger partial charge in [-0.25, -0.2) is 4.39 Å². The minimum Gasteiger partial charge on any atom is -0.351 e. The Bertz CT molecular complexity index is 969. The molecule has 0 spiro atoms. The van der Waals surface area contributed by atoms with Crippen LogP contribution in [-0.2, 0) is 24.7 Å². The van der Waals surface area contributed by atoms with Gasteiger partial charge in [-0.2, -0.15) is 5.10 Å². The number of halogens is 3. The Morgan fingerprint density at radius 1 is 1.39 bits per heavy atom. The molecule has 1 amide bonds. The molecule has 1 aromatic carbocycles. The lowest BCUT2D eigenvalue weighted by Gasteiger charge is -2.16. The highest BCUT2D eigenvalue weighted by Gasteiger charge is 2.18. The Labute approximate surface area is 176 Å². The average molecular weight is 441 g/mol. The minimum absolute atomic E-state index is 0.166. The number of nitrogens with one attached hydrogen (secondary N) is 1. The van der Waals surface area contributed by atoms with Crippen molar-refractivity contribution in [2.75, 3.05) is 6.54 Å². The van der Waals surface area contributed by atoms with Gasteiger partial charge in [0.2, 0.25) is 5.91 Å². The quantitative estimate of drug-likeness (QED) is 0.586. The summed E-state index contributed by atoms with van der Waals surface area (Å²) in [6, 6.07) is 7.83. The number of hydrogen-bond acceptors (Lipinski definition) is 4. The number of carbonyl (C=O) groups excluding carboxylic acids is 1. The molecule has 1 atom stereocenters. The highest BCUT2D eigenvalue weighted by atomic mass is 35.5. The predicted molar refractivity (Wildman–Crippen MR) is 111 cm³/mol. The summed E-state index contributed by atoms with van der Waals surface area (Å²) in [6.07, 6.45) is 2.18. The number of carbonyl (C=O) groups is 1. The number of hydrogen-bond donors (Lipinski definition) is 2. The van der Waals surface area contributed by atoms with Crippen LogP contribution in [0.25, 0.3) is 11.3 Å². The molecule has 0 saturated carbocycles. The van der Waals surface area contributed by atoms with Crippen LogP contribution in [0, 0.1) is 5.82 Å². The highest BCUT2D eigenvalue weighted by molar-refractivity contribution is 7.16. The van der Waals surface area contributed by atoms with Crippen LogP contribution in [-0.4, -0.2) is 28.3 Å². The summed E-state index contributed by atoms with van der Waals surface area (Å²) in [7, 11) is 1.78. The third-order valence-electron chi connectivity index (χ3n) is 4.24. The number of rotatable bonds is 7. The molecule has 5 nitrogen and oxygen atoms in total. The number of amides is 1. The standard InChI is InChI=1S/C19H19Cl2FN4OS/c1-26-18(16(20)10-24-26)15-7-14(28-19(15)21)8-17(27)25-13(9-23)6-11-3-2-4-12(22)5-11/h2-5,7,10,13H,6,8-9,23H2,1H3,(H,25,27)/t13-/m0/s1. The van der Waals surface area contributed by atoms with Crippen LogP contribution < -0.4 is 11.1 Å². The molecule has 0 aliphatic rings. The Morgan fingerprint density at radius 2 is 2.18 bits per heavy atom. The second-order valence-corrected chi connectivity index (χ2v) is 8.52. The predicted octanol–water partition coefficient (Wildman–Crippen LogP) is 3.82. The number of nitrogens with two attached hydrogens (primary N) is 1. The molecule has 0 fully saturated rings. The first-order valence-corrected chi connectivity index (χ1v) is 10.1. The minimum atomic E-state index is -0.311. The van der Waals surface area contributed by atoms with E-state index in [1.807, 2.05) is 6.07 Å². The monoisotopic (exact) mass is 440 g/mol. The Balaban J connectivity index is 1.67. The molecule has 0 bridgehead atoms. The number of nitrogens with zero attached hydrogens (tertiary/aromatic N) is 2. The first-order valence-electron chi connectivity index (χ1n) is 8.57. The van der Waals surface area contributed by atoms with E-state index in [2.05, 4.69) is 10.4 Å². The van der Waals surface area contributed by atoms with Gasteiger partial charge in [-0.3, -0.25) is 9.48 Å². The van der Waals surface area contributed by atoms with Gasteiger partial charge in [-0.15, -0.1) is 11.3 Å². The van der Waals surface area contributed by atoms with E-state index in [4.69, 9.17) is 28.9 Å². The average Bonchev–Trinajstić information content (AvgIpc) is 3.15. The number of aromatic nitrogens is 2. The summed E-state index contributed by atoms with van der Waals surface area (Å²) in [6.45, 7) is 0.253. The van der Waals surface area contributed by atoms with Crippen LogP contribution in [0.15, 0.2) is 36.5 Å². The summed E-state index contributed by atoms with van der Waals surface area (Å²) >= 11 is 13.9. The molecule has 3 N–H and O–H groups in total. The van der Waals surface area contributed by atoms with Gasteiger partial charge in [0, 0.05) is 30.1 Å². The van der Waals surface area contributed by atoms with Crippen molar-refractivity contribution in [2.45, 2.75) is 18.9 Å². The Kier molecular flexibility index (Phi) is 6.72. The third kappa shape index (κ3) is 4.91. The second kappa shape index (κ2) is 9.05. The molecule has 28 heavy (non-hydrogen) atoms. The zero-order valence-electron chi connectivity index (χ0n) is 15.1. The maximum atomic E-state index is 13.3. The summed E-state index contributed by atoms with van der Waals surface area (Å²) in [5.74, 6) is -0.485. The van der Waals surface area contributed by atoms with Crippen LogP contribution in [0.5, 0.6) is 0 Å². The molecule has 2 heterocycles. The fraction of sp³-hybridized carbons (Fsp3) is 0.263. The van der Waals surface area contributed by atoms with Crippen LogP contribution in [0.4, 0.5) is 4.39 Å². The van der Waals surface area contributed by atoms with Crippen molar-refractivity contribution in [1.29, 1.82) is 0 Å². The summed E-state index contributed by atoms with van der Waals surface area (Å²) in [4.78, 5) is 13.3. The first kappa shape index (κ1) is 20.8. The van der Waals surface area contributed by atoms with Crippen LogP contribution >= 0.6 is 34.5 Å². The lowest BCUT2D eigenvalue weighted by Crippen LogP contribution is -2.42. The smallest absolute Gasteiger partial charge is 0.225 e. The molecule has 3 rings (SSSR count). The van der Waals surface area contributed by atoms with Gasteiger partial charge in [-0.1, -0.05) is 35.3 Å². The lowest BCUT2D eigenvalue weighted by atomic mass is 10.1. The summed E-state index contributed by atoms with van der Waals surface area (Å²) < 4.78 is 15.5. The third-order valence-corrected chi connectivity index (χ3v) is 5.88. The maximum absolute atomic E-state index is 13.3. The van der Waals surface area contributed by atoms with Gasteiger partial charge >= 0.3 is 0 Å². The van der Waals surface area contributed by atoms with E-state index < -0.39 is 0 Å². The van der Waals surface area contributed by atoms with Gasteiger partial charge in [0.1, 0.15) is 10.2 Å². The van der Waals surface area contributed by atoms with E-state index in [1.165, 1.54) is 23.5 Å². The van der Waals surface area contributed by atoms with E-state index in [0.29, 0.717) is 21.5 Å². The Morgan fingerprint density at radius 3 is 2.82 bits per heavy atom. The van der Waals surface area contributed by atoms with E-state index in [-0.39, 0.29) is 30.7 Å². The largest absolute Gasteiger partial charge is 0.351 e. The first-order chi connectivity index (χ1) is 13.4. The molecular weight excluding hydrogens is 422 g/mol. The van der Waals surface area contributed by atoms with Crippen molar-refractivity contribution in [3.63, 3.8) is 0 Å². The van der Waals surface area contributed by atoms with Crippen molar-refractivity contribution in [3.8, 4) is 11.3 Å². The van der Waals surface area contributed by atoms with Crippen LogP contribution in [0.3, 0.4) is 0 Å². The van der Waals surface area contributed by atoms with Gasteiger partial charge in [-0.05, 0) is 30.2 Å². The summed E-state index contributed by atoms with van der Waals surface area (Å²) in [5.41, 5.74) is 8.01. The topological polar surface area (TPSA) is 72.9 Å². The van der Waals surface area contributed by atoms with E-state index in [1.54, 1.807) is 30.1 Å². The maximum Gasteiger partial charge on any atom is 0.225 e. The van der Waals surface area contributed by atoms with E-state index >= 15 is 0 Å². The van der Waals surface area contributed by atoms with Crippen molar-refractivity contribution in [2.24, 2.45) is 12.8 Å². The van der Waals surface area contributed by atoms with Crippen molar-refractivity contribution >= 4 is 40.4 Å². The van der Waals surface area contributed by atoms with Gasteiger partial charge in [0.25, 0.3) is 0 Å². The van der Waals surface area contributed by atoms with Crippen molar-refractivity contribution in [3.05, 3.63) is 62.1 Å². The van der Waals surface area contributed by atoms with E-state index in [9.17, 15) is 9.18 Å². The molecule has 9 heteroatoms. The van der Waals surface area contributed by atoms with Crippen LogP contribution in [0.1, 0.15) is 10.4 Å². The normalized spacial score (nSPS) is 12.2. The van der Waals surface area contributed by atoms with Gasteiger partial charge in [0.05, 0.1) is 23.3 Å². The highest BCUT2D eigenvalue weighted by Crippen LogP contribution is 2.38. The molecule has 0 unspecified atom stereocenters. The van der Waals surface area contributed by atoms with Crippen molar-refractivity contribution in [1.82, 2.24) is 15.1 Å². The zero-order chi connectivity index (χ0) is 20.3. The Hall–Kier alpha value is -1.93. The molecule has 3 aromatic rings. The molecule has 0 radical (unpaired) electrons. The molecule has 0 aliphatic heterocycles.